The second kappa shape index (κ2) is 4.10. The van der Waals surface area contributed by atoms with Crippen molar-refractivity contribution in [1.82, 2.24) is 0 Å². The minimum Gasteiger partial charge on any atom is -0.376 e. The molecule has 1 heterocycles. The first-order chi connectivity index (χ1) is 6.13. The summed E-state index contributed by atoms with van der Waals surface area (Å²) in [5, 5.41) is 0.234. The molecule has 0 aromatic heterocycles. The molecule has 1 unspecified atom stereocenters. The molecule has 0 saturated heterocycles. The number of aliphatic imine (C=N–C) groups is 1. The highest BCUT2D eigenvalue weighted by atomic mass is 32.2. The van der Waals surface area contributed by atoms with Crippen molar-refractivity contribution in [2.45, 2.75) is 6.42 Å². The molecule has 0 spiro atoms. The van der Waals surface area contributed by atoms with Crippen molar-refractivity contribution in [3.8, 4) is 0 Å². The van der Waals surface area contributed by atoms with Crippen LogP contribution in [0.4, 0.5) is 0 Å². The van der Waals surface area contributed by atoms with Crippen molar-refractivity contribution < 1.29 is 9.63 Å². The van der Waals surface area contributed by atoms with Gasteiger partial charge in [-0.15, -0.1) is 0 Å². The van der Waals surface area contributed by atoms with E-state index in [-0.39, 0.29) is 11.6 Å². The summed E-state index contributed by atoms with van der Waals surface area (Å²) in [7, 11) is 0.483. The molecule has 1 rings (SSSR count). The Labute approximate surface area is 77.1 Å². The van der Waals surface area contributed by atoms with Crippen molar-refractivity contribution in [3.63, 3.8) is 0 Å². The minimum absolute atomic E-state index is 0.0244. The maximum atomic E-state index is 10.5. The van der Waals surface area contributed by atoms with E-state index in [0.717, 1.165) is 0 Å². The monoisotopic (exact) mass is 203 g/mol. The summed E-state index contributed by atoms with van der Waals surface area (Å²) in [5.41, 5.74) is 10.4. The lowest BCUT2D eigenvalue weighted by Crippen LogP contribution is -2.15. The van der Waals surface area contributed by atoms with Gasteiger partial charge in [0.2, 0.25) is 5.91 Å². The maximum Gasteiger partial charge on any atom is 0.225 e. The van der Waals surface area contributed by atoms with Gasteiger partial charge < -0.3 is 11.5 Å². The number of amidine groups is 2. The van der Waals surface area contributed by atoms with E-state index in [1.165, 1.54) is 7.11 Å². The van der Waals surface area contributed by atoms with Crippen LogP contribution < -0.4 is 11.5 Å². The average Bonchev–Trinajstić information content (AvgIpc) is 2.31. The molecule has 4 N–H and O–H groups in total. The predicted molar refractivity (Wildman–Crippen MR) is 49.7 cm³/mol. The predicted octanol–water partition coefficient (Wildman–Crippen LogP) is -1.13. The number of hydrogen-bond donors (Lipinski definition) is 2. The van der Waals surface area contributed by atoms with E-state index >= 15 is 0 Å². The summed E-state index contributed by atoms with van der Waals surface area (Å²) in [6.07, 6.45) is -0.0244. The Morgan fingerprint density at radius 3 is 3.00 bits per heavy atom. The first kappa shape index (κ1) is 9.81. The lowest BCUT2D eigenvalue weighted by atomic mass is 10.4. The zero-order valence-electron chi connectivity index (χ0n) is 6.93. The highest BCUT2D eigenvalue weighted by molar-refractivity contribution is 8.01. The van der Waals surface area contributed by atoms with Crippen LogP contribution in [0.3, 0.4) is 0 Å². The number of rotatable bonds is 3. The molecule has 72 valence electrons. The second-order valence-electron chi connectivity index (χ2n) is 2.12. The Morgan fingerprint density at radius 2 is 2.46 bits per heavy atom. The molecule has 1 atom stereocenters. The van der Waals surface area contributed by atoms with Crippen molar-refractivity contribution in [2.75, 3.05) is 7.11 Å². The van der Waals surface area contributed by atoms with E-state index in [1.807, 2.05) is 0 Å². The Balaban J connectivity index is 2.77. The van der Waals surface area contributed by atoms with Crippen molar-refractivity contribution in [2.24, 2.45) is 25.4 Å². The molecular formula is C5H9N5O2S. The minimum atomic E-state index is -0.908. The van der Waals surface area contributed by atoms with E-state index in [0.29, 0.717) is 5.84 Å². The normalized spacial score (nSPS) is 21.5. The summed E-state index contributed by atoms with van der Waals surface area (Å²) in [5.74, 6) is -0.202. The third-order valence-corrected chi connectivity index (χ3v) is 2.23. The van der Waals surface area contributed by atoms with Crippen LogP contribution in [0.15, 0.2) is 13.9 Å². The van der Waals surface area contributed by atoms with Crippen LogP contribution in [0, 0.1) is 0 Å². The average molecular weight is 203 g/mol. The highest BCUT2D eigenvalue weighted by Crippen LogP contribution is 2.05. The summed E-state index contributed by atoms with van der Waals surface area (Å²) < 4.78 is 7.52. The fourth-order valence-electron chi connectivity index (χ4n) is 0.688. The first-order valence-electron chi connectivity index (χ1n) is 3.32. The number of primary amides is 1. The van der Waals surface area contributed by atoms with Gasteiger partial charge in [0.1, 0.15) is 10.9 Å². The van der Waals surface area contributed by atoms with E-state index in [2.05, 4.69) is 18.8 Å². The zero-order valence-corrected chi connectivity index (χ0v) is 7.74. The number of carbonyl (C=O) groups is 1. The number of carbonyl (C=O) groups excluding carboxylic acids is 1. The quantitative estimate of drug-likeness (QED) is 0.565. The van der Waals surface area contributed by atoms with Gasteiger partial charge in [-0.3, -0.25) is 4.79 Å². The van der Waals surface area contributed by atoms with E-state index < -0.39 is 16.8 Å². The third kappa shape index (κ3) is 2.60. The van der Waals surface area contributed by atoms with Crippen LogP contribution in [0.25, 0.3) is 0 Å². The molecular weight excluding hydrogens is 194 g/mol. The summed E-state index contributed by atoms with van der Waals surface area (Å²) in [6.45, 7) is 0. The van der Waals surface area contributed by atoms with E-state index in [9.17, 15) is 4.79 Å². The van der Waals surface area contributed by atoms with Crippen LogP contribution in [0.5, 0.6) is 0 Å². The Kier molecular flexibility index (Phi) is 3.09. The highest BCUT2D eigenvalue weighted by Gasteiger charge is 2.15. The Bertz CT molecular complexity index is 321. The van der Waals surface area contributed by atoms with E-state index in [1.54, 1.807) is 0 Å². The maximum absolute atomic E-state index is 10.5. The molecule has 0 bridgehead atoms. The summed E-state index contributed by atoms with van der Waals surface area (Å²) in [4.78, 5) is 18.8. The molecule has 1 aliphatic rings. The van der Waals surface area contributed by atoms with Crippen LogP contribution in [-0.2, 0) is 20.5 Å². The standard InChI is InChI=1S/C5H9N5O2S/c1-12-10-13-5(7)8-4(9-13)2-3(6)11/h2H2,1H3,(H2,6,11)(H2,7,8,9). The lowest BCUT2D eigenvalue weighted by molar-refractivity contribution is -0.116. The smallest absolute Gasteiger partial charge is 0.225 e. The van der Waals surface area contributed by atoms with Gasteiger partial charge >= 0.3 is 0 Å². The Morgan fingerprint density at radius 1 is 1.77 bits per heavy atom. The fourth-order valence-corrected chi connectivity index (χ4v) is 1.52. The fraction of sp³-hybridized carbons (Fsp3) is 0.400. The largest absolute Gasteiger partial charge is 0.376 e. The van der Waals surface area contributed by atoms with Gasteiger partial charge in [0.15, 0.2) is 11.0 Å². The summed E-state index contributed by atoms with van der Waals surface area (Å²) >= 11 is 0. The first-order valence-corrected chi connectivity index (χ1v) is 4.46. The SMILES string of the molecule is CO/N=S1\N=C(CC(N)=O)N=C1N. The van der Waals surface area contributed by atoms with Crippen molar-refractivity contribution in [3.05, 3.63) is 0 Å². The molecule has 0 fully saturated rings. The molecule has 1 amide bonds. The zero-order chi connectivity index (χ0) is 9.84. The topological polar surface area (TPSA) is 115 Å². The van der Waals surface area contributed by atoms with Gasteiger partial charge in [0.25, 0.3) is 0 Å². The molecule has 1 aliphatic heterocycles. The van der Waals surface area contributed by atoms with Gasteiger partial charge in [-0.1, -0.05) is 4.53 Å². The van der Waals surface area contributed by atoms with Crippen molar-refractivity contribution >= 4 is 27.8 Å². The molecule has 0 aliphatic carbocycles. The van der Waals surface area contributed by atoms with Crippen molar-refractivity contribution in [1.29, 1.82) is 0 Å². The summed E-state index contributed by atoms with van der Waals surface area (Å²) in [6, 6.07) is 0. The van der Waals surface area contributed by atoms with Gasteiger partial charge in [-0.25, -0.2) is 9.83 Å². The molecule has 8 heteroatoms. The van der Waals surface area contributed by atoms with Gasteiger partial charge in [-0.05, 0) is 0 Å². The molecule has 0 aromatic rings. The van der Waals surface area contributed by atoms with E-state index in [4.69, 9.17) is 11.5 Å². The molecule has 7 nitrogen and oxygen atoms in total. The third-order valence-electron chi connectivity index (χ3n) is 1.10. The van der Waals surface area contributed by atoms with Gasteiger partial charge in [0.05, 0.1) is 13.5 Å². The molecule has 0 aromatic carbocycles. The van der Waals surface area contributed by atoms with Crippen LogP contribution in [0.1, 0.15) is 6.42 Å². The molecule has 13 heavy (non-hydrogen) atoms. The van der Waals surface area contributed by atoms with Crippen LogP contribution in [-0.4, -0.2) is 24.0 Å². The Hall–Kier alpha value is -1.28. The lowest BCUT2D eigenvalue weighted by Gasteiger charge is -1.89. The number of nitrogens with zero attached hydrogens (tertiary/aromatic N) is 3. The number of nitrogens with two attached hydrogens (primary N) is 2. The van der Waals surface area contributed by atoms with Crippen LogP contribution >= 0.6 is 0 Å². The van der Waals surface area contributed by atoms with Gasteiger partial charge in [0, 0.05) is 0 Å². The number of hydrogen-bond acceptors (Lipinski definition) is 5. The molecule has 0 radical (unpaired) electrons. The van der Waals surface area contributed by atoms with Crippen LogP contribution in [0.2, 0.25) is 0 Å². The second-order valence-corrected chi connectivity index (χ2v) is 3.40. The number of amides is 1. The van der Waals surface area contributed by atoms with Gasteiger partial charge in [-0.2, -0.15) is 4.40 Å². The molecule has 0 saturated carbocycles.